The maximum atomic E-state index is 11.7. The van der Waals surface area contributed by atoms with Gasteiger partial charge in [0.2, 0.25) is 11.8 Å². The van der Waals surface area contributed by atoms with Gasteiger partial charge in [0.15, 0.2) is 0 Å². The lowest BCUT2D eigenvalue weighted by Crippen LogP contribution is -2.32. The van der Waals surface area contributed by atoms with Crippen molar-refractivity contribution in [2.75, 3.05) is 11.9 Å². The van der Waals surface area contributed by atoms with Crippen LogP contribution in [0, 0.1) is 0 Å². The average molecular weight is 316 g/mol. The Hall–Kier alpha value is -2.41. The average Bonchev–Trinajstić information content (AvgIpc) is 2.54. The molecule has 2 N–H and O–H groups in total. The molecule has 114 valence electrons. The Morgan fingerprint density at radius 1 is 1.09 bits per heavy atom. The molecular weight excluding hydrogens is 300 g/mol. The normalized spacial score (nSPS) is 10.0. The minimum Gasteiger partial charge on any atom is -0.347 e. The van der Waals surface area contributed by atoms with Gasteiger partial charge in [-0.25, -0.2) is 9.97 Å². The summed E-state index contributed by atoms with van der Waals surface area (Å²) in [5.41, 5.74) is 0.629. The second-order valence-corrected chi connectivity index (χ2v) is 5.37. The van der Waals surface area contributed by atoms with E-state index in [2.05, 4.69) is 20.6 Å². The second kappa shape index (κ2) is 8.14. The molecule has 0 radical (unpaired) electrons. The zero-order chi connectivity index (χ0) is 15.8. The number of carbonyl (C=O) groups is 2. The van der Waals surface area contributed by atoms with Gasteiger partial charge in [0.25, 0.3) is 0 Å². The van der Waals surface area contributed by atoms with Crippen molar-refractivity contribution < 1.29 is 9.59 Å². The lowest BCUT2D eigenvalue weighted by Gasteiger charge is -2.07. The molecule has 0 fully saturated rings. The van der Waals surface area contributed by atoms with Gasteiger partial charge in [-0.2, -0.15) is 0 Å². The van der Waals surface area contributed by atoms with Crippen LogP contribution in [0.15, 0.2) is 52.8 Å². The van der Waals surface area contributed by atoms with Gasteiger partial charge in [-0.15, -0.1) is 0 Å². The minimum atomic E-state index is -0.276. The molecule has 6 nitrogen and oxygen atoms in total. The van der Waals surface area contributed by atoms with Crippen LogP contribution in [0.1, 0.15) is 13.3 Å². The Kier molecular flexibility index (Phi) is 5.91. The third-order valence-corrected chi connectivity index (χ3v) is 3.52. The number of nitrogens with zero attached hydrogens (tertiary/aromatic N) is 2. The molecule has 0 aromatic carbocycles. The molecule has 0 aliphatic carbocycles. The molecule has 0 saturated carbocycles. The molecule has 7 heteroatoms. The van der Waals surface area contributed by atoms with Gasteiger partial charge < -0.3 is 10.6 Å². The smallest absolute Gasteiger partial charge is 0.243 e. The van der Waals surface area contributed by atoms with Crippen LogP contribution in [0.25, 0.3) is 0 Å². The zero-order valence-electron chi connectivity index (χ0n) is 12.1. The van der Waals surface area contributed by atoms with E-state index in [0.717, 1.165) is 10.1 Å². The van der Waals surface area contributed by atoms with E-state index in [0.29, 0.717) is 12.1 Å². The quantitative estimate of drug-likeness (QED) is 0.852. The van der Waals surface area contributed by atoms with Crippen molar-refractivity contribution in [3.63, 3.8) is 0 Å². The first kappa shape index (κ1) is 16.0. The fourth-order valence-corrected chi connectivity index (χ4v) is 2.34. The molecule has 0 aliphatic heterocycles. The first-order valence-corrected chi connectivity index (χ1v) is 7.60. The van der Waals surface area contributed by atoms with Crippen molar-refractivity contribution in [1.29, 1.82) is 0 Å². The topological polar surface area (TPSA) is 84.0 Å². The lowest BCUT2D eigenvalue weighted by molar-refractivity contribution is -0.123. The maximum absolute atomic E-state index is 11.7. The third-order valence-electron chi connectivity index (χ3n) is 2.63. The van der Waals surface area contributed by atoms with Gasteiger partial charge in [0, 0.05) is 24.5 Å². The number of anilines is 1. The number of aromatic nitrogens is 2. The molecule has 2 heterocycles. The Morgan fingerprint density at radius 3 is 2.64 bits per heavy atom. The van der Waals surface area contributed by atoms with E-state index in [1.165, 1.54) is 11.8 Å². The molecule has 0 bridgehead atoms. The van der Waals surface area contributed by atoms with Gasteiger partial charge in [-0.1, -0.05) is 24.8 Å². The summed E-state index contributed by atoms with van der Waals surface area (Å²) in [6.45, 7) is 1.69. The van der Waals surface area contributed by atoms with Gasteiger partial charge in [0.1, 0.15) is 10.1 Å². The summed E-state index contributed by atoms with van der Waals surface area (Å²) in [6, 6.07) is 9.09. The Labute approximate surface area is 132 Å². The number of carbonyl (C=O) groups excluding carboxylic acids is 2. The predicted molar refractivity (Wildman–Crippen MR) is 84.5 cm³/mol. The van der Waals surface area contributed by atoms with Crippen LogP contribution < -0.4 is 10.6 Å². The van der Waals surface area contributed by atoms with Crippen molar-refractivity contribution >= 4 is 29.3 Å². The first-order chi connectivity index (χ1) is 10.7. The molecule has 0 unspecified atom stereocenters. The van der Waals surface area contributed by atoms with Crippen molar-refractivity contribution in [3.05, 3.63) is 42.7 Å². The fourth-order valence-electron chi connectivity index (χ4n) is 1.57. The first-order valence-electron chi connectivity index (χ1n) is 6.79. The summed E-state index contributed by atoms with van der Waals surface area (Å²) in [7, 11) is 0. The van der Waals surface area contributed by atoms with Gasteiger partial charge in [0.05, 0.1) is 6.54 Å². The monoisotopic (exact) mass is 316 g/mol. The summed E-state index contributed by atoms with van der Waals surface area (Å²) in [5.74, 6) is -0.432. The fraction of sp³-hybridized carbons (Fsp3) is 0.200. The van der Waals surface area contributed by atoms with Crippen LogP contribution in [-0.4, -0.2) is 28.3 Å². The Bertz CT molecular complexity index is 649. The number of pyridine rings is 2. The Balaban J connectivity index is 1.94. The molecule has 2 amide bonds. The summed E-state index contributed by atoms with van der Waals surface area (Å²) in [4.78, 5) is 31.3. The second-order valence-electron chi connectivity index (χ2n) is 4.33. The number of hydrogen-bond donors (Lipinski definition) is 2. The van der Waals surface area contributed by atoms with Crippen molar-refractivity contribution in [2.24, 2.45) is 0 Å². The lowest BCUT2D eigenvalue weighted by atomic mass is 10.4. The summed E-state index contributed by atoms with van der Waals surface area (Å²) >= 11 is 1.41. The highest BCUT2D eigenvalue weighted by Gasteiger charge is 2.06. The molecule has 2 aromatic rings. The number of nitrogens with one attached hydrogen (secondary N) is 2. The molecular formula is C15H16N4O2S. The SMILES string of the molecule is CCC(=O)NCC(=O)Nc1ccnc(Sc2ccccn2)c1. The van der Waals surface area contributed by atoms with Crippen molar-refractivity contribution in [3.8, 4) is 0 Å². The van der Waals surface area contributed by atoms with Crippen molar-refractivity contribution in [1.82, 2.24) is 15.3 Å². The predicted octanol–water partition coefficient (Wildman–Crippen LogP) is 2.09. The molecule has 0 saturated heterocycles. The minimum absolute atomic E-state index is 0.0439. The molecule has 2 aromatic heterocycles. The number of rotatable bonds is 6. The van der Waals surface area contributed by atoms with Crippen LogP contribution in [-0.2, 0) is 9.59 Å². The van der Waals surface area contributed by atoms with E-state index >= 15 is 0 Å². The van der Waals surface area contributed by atoms with Crippen LogP contribution >= 0.6 is 11.8 Å². The molecule has 2 rings (SSSR count). The molecule has 22 heavy (non-hydrogen) atoms. The number of amides is 2. The van der Waals surface area contributed by atoms with E-state index in [9.17, 15) is 9.59 Å². The molecule has 0 atom stereocenters. The van der Waals surface area contributed by atoms with E-state index in [1.807, 2.05) is 18.2 Å². The van der Waals surface area contributed by atoms with Gasteiger partial charge >= 0.3 is 0 Å². The van der Waals surface area contributed by atoms with Crippen LogP contribution in [0.5, 0.6) is 0 Å². The molecule has 0 aliphatic rings. The summed E-state index contributed by atoms with van der Waals surface area (Å²) in [5, 5.41) is 6.80. The zero-order valence-corrected chi connectivity index (χ0v) is 12.9. The standard InChI is InChI=1S/C15H16N4O2S/c1-2-12(20)18-10-13(21)19-11-6-8-17-15(9-11)22-14-5-3-4-7-16-14/h3-9H,2,10H2,1H3,(H,18,20)(H,17,19,21). The maximum Gasteiger partial charge on any atom is 0.243 e. The summed E-state index contributed by atoms with van der Waals surface area (Å²) < 4.78 is 0. The largest absolute Gasteiger partial charge is 0.347 e. The molecule has 0 spiro atoms. The highest BCUT2D eigenvalue weighted by atomic mass is 32.2. The third kappa shape index (κ3) is 5.17. The highest BCUT2D eigenvalue weighted by Crippen LogP contribution is 2.25. The summed E-state index contributed by atoms with van der Waals surface area (Å²) in [6.07, 6.45) is 3.68. The van der Waals surface area contributed by atoms with Gasteiger partial charge in [-0.3, -0.25) is 9.59 Å². The van der Waals surface area contributed by atoms with Crippen LogP contribution in [0.2, 0.25) is 0 Å². The van der Waals surface area contributed by atoms with Crippen molar-refractivity contribution in [2.45, 2.75) is 23.4 Å². The Morgan fingerprint density at radius 2 is 1.91 bits per heavy atom. The van der Waals surface area contributed by atoms with Gasteiger partial charge in [-0.05, 0) is 24.3 Å². The van der Waals surface area contributed by atoms with Crippen LogP contribution in [0.3, 0.4) is 0 Å². The van der Waals surface area contributed by atoms with E-state index in [4.69, 9.17) is 0 Å². The van der Waals surface area contributed by atoms with Crippen LogP contribution in [0.4, 0.5) is 5.69 Å². The van der Waals surface area contributed by atoms with E-state index in [-0.39, 0.29) is 18.4 Å². The van der Waals surface area contributed by atoms with E-state index < -0.39 is 0 Å². The van der Waals surface area contributed by atoms with E-state index in [1.54, 1.807) is 31.5 Å². The number of hydrogen-bond acceptors (Lipinski definition) is 5. The highest BCUT2D eigenvalue weighted by molar-refractivity contribution is 7.99.